The molecule has 0 radical (unpaired) electrons. The standard InChI is InChI=1S/C29H32IN4O2/c1-29(2)23-17-31-28(32-20-8-5-7-19(15-20)18-33-13-3-4-14-33)30-16-25(23)34(27(29)36)24-12-11-22-21(24)9-6-10-26(22)35/h5-10,15-17,24,35H,3-4,11-14,18H2,1-2H3,(H,31,32)/q-1/t24-/m0/s1. The number of likely N-dealkylation sites (tertiary alicyclic amines) is 2. The molecular formula is C29H32IN4O2-. The van der Waals surface area contributed by atoms with Gasteiger partial charge < -0.3 is 0 Å². The number of rotatable bonds is 4. The van der Waals surface area contributed by atoms with Gasteiger partial charge in [-0.05, 0) is 0 Å². The number of phenols is 1. The Labute approximate surface area is 223 Å². The van der Waals surface area contributed by atoms with Gasteiger partial charge in [0.2, 0.25) is 0 Å². The second-order valence-corrected chi connectivity index (χ2v) is 12.8. The first kappa shape index (κ1) is 23.7. The van der Waals surface area contributed by atoms with Crippen LogP contribution in [0, 0.1) is 5.41 Å². The van der Waals surface area contributed by atoms with Crippen LogP contribution in [0.5, 0.6) is 5.75 Å². The minimum atomic E-state index is -0.635. The van der Waals surface area contributed by atoms with Crippen LogP contribution < -0.4 is 26.5 Å². The molecule has 2 aromatic rings. The molecule has 6 nitrogen and oxygen atoms in total. The average molecular weight is 596 g/mol. The Bertz CT molecular complexity index is 1310. The molecule has 2 aromatic carbocycles. The Morgan fingerprint density at radius 3 is 2.81 bits per heavy atom. The summed E-state index contributed by atoms with van der Waals surface area (Å²) in [5.41, 5.74) is 5.79. The van der Waals surface area contributed by atoms with E-state index < -0.39 is 26.6 Å². The molecule has 0 saturated carbocycles. The van der Waals surface area contributed by atoms with E-state index >= 15 is 0 Å². The minimum absolute atomic E-state index is 0.0446. The quantitative estimate of drug-likeness (QED) is 0.420. The molecule has 2 N–H and O–H groups in total. The molecule has 188 valence electrons. The summed E-state index contributed by atoms with van der Waals surface area (Å²) in [6.45, 7) is 7.37. The second kappa shape index (κ2) is 9.34. The van der Waals surface area contributed by atoms with E-state index in [2.05, 4.69) is 44.6 Å². The summed E-state index contributed by atoms with van der Waals surface area (Å²) in [5, 5.41) is 13.9. The number of carbonyl (C=O) groups is 1. The normalized spacial score (nSPS) is 23.3. The summed E-state index contributed by atoms with van der Waals surface area (Å²) >= 11 is -0.570. The molecular weight excluding hydrogens is 563 g/mol. The van der Waals surface area contributed by atoms with Crippen LogP contribution in [0.25, 0.3) is 0 Å². The zero-order valence-corrected chi connectivity index (χ0v) is 23.0. The zero-order chi connectivity index (χ0) is 24.9. The molecule has 1 amide bonds. The first-order chi connectivity index (χ1) is 17.4. The Morgan fingerprint density at radius 2 is 1.97 bits per heavy atom. The van der Waals surface area contributed by atoms with Crippen LogP contribution in [0.2, 0.25) is 0 Å². The number of carbonyl (C=O) groups excluding carboxylic acids is 1. The number of amides is 1. The molecule has 6 rings (SSSR count). The number of amidine groups is 1. The number of anilines is 1. The van der Waals surface area contributed by atoms with E-state index in [1.165, 1.54) is 31.5 Å². The number of benzene rings is 2. The molecule has 7 heteroatoms. The van der Waals surface area contributed by atoms with Crippen molar-refractivity contribution in [2.45, 2.75) is 52.1 Å². The van der Waals surface area contributed by atoms with E-state index in [4.69, 9.17) is 4.99 Å². The molecule has 0 unspecified atom stereocenters. The number of aliphatic imine (C=N–C) groups is 1. The summed E-state index contributed by atoms with van der Waals surface area (Å²) < 4.78 is 3.24. The molecule has 2 fully saturated rings. The fourth-order valence-corrected chi connectivity index (χ4v) is 7.88. The van der Waals surface area contributed by atoms with E-state index in [0.29, 0.717) is 5.75 Å². The van der Waals surface area contributed by atoms with Crippen molar-refractivity contribution in [1.29, 1.82) is 0 Å². The summed E-state index contributed by atoms with van der Waals surface area (Å²) in [5.74, 6) is 0.451. The maximum atomic E-state index is 13.7. The van der Waals surface area contributed by atoms with E-state index in [0.717, 1.165) is 51.3 Å². The van der Waals surface area contributed by atoms with Crippen LogP contribution in [-0.4, -0.2) is 37.7 Å². The molecule has 4 aliphatic rings. The molecule has 0 aromatic heterocycles. The fraction of sp³-hybridized carbons (Fsp3) is 0.379. The van der Waals surface area contributed by atoms with Gasteiger partial charge in [0.1, 0.15) is 0 Å². The molecule has 1 atom stereocenters. The van der Waals surface area contributed by atoms with Crippen molar-refractivity contribution in [3.05, 3.63) is 80.7 Å². The third-order valence-electron chi connectivity index (χ3n) is 7.84. The van der Waals surface area contributed by atoms with Crippen molar-refractivity contribution in [3.63, 3.8) is 0 Å². The number of aromatic hydroxyl groups is 1. The summed E-state index contributed by atoms with van der Waals surface area (Å²) in [6.07, 6.45) is 6.12. The number of nitrogens with zero attached hydrogens (tertiary/aromatic N) is 3. The van der Waals surface area contributed by atoms with E-state index in [1.54, 1.807) is 6.07 Å². The summed E-state index contributed by atoms with van der Waals surface area (Å²) in [7, 11) is 0. The number of hydrogen-bond acceptors (Lipinski definition) is 5. The molecule has 3 aliphatic heterocycles. The van der Waals surface area contributed by atoms with E-state index in [-0.39, 0.29) is 11.9 Å². The number of fused-ring (bicyclic) bond motifs is 2. The van der Waals surface area contributed by atoms with E-state index in [1.807, 2.05) is 31.0 Å². The van der Waals surface area contributed by atoms with Crippen LogP contribution in [0.3, 0.4) is 0 Å². The molecule has 2 saturated heterocycles. The van der Waals surface area contributed by atoms with Crippen molar-refractivity contribution >= 4 is 15.4 Å². The van der Waals surface area contributed by atoms with Gasteiger partial charge in [0.15, 0.2) is 0 Å². The van der Waals surface area contributed by atoms with Crippen LogP contribution in [0.1, 0.15) is 55.8 Å². The van der Waals surface area contributed by atoms with E-state index in [9.17, 15) is 9.90 Å². The van der Waals surface area contributed by atoms with Crippen LogP contribution in [-0.2, 0) is 17.8 Å². The molecule has 1 aliphatic carbocycles. The zero-order valence-electron chi connectivity index (χ0n) is 20.8. The average Bonchev–Trinajstić information content (AvgIpc) is 3.52. The summed E-state index contributed by atoms with van der Waals surface area (Å²) in [6, 6.07) is 14.3. The summed E-state index contributed by atoms with van der Waals surface area (Å²) in [4.78, 5) is 23.0. The third-order valence-corrected chi connectivity index (χ3v) is 9.88. The van der Waals surface area contributed by atoms with Crippen LogP contribution >= 0.6 is 0 Å². The van der Waals surface area contributed by atoms with Crippen LogP contribution in [0.4, 0.5) is 5.69 Å². The fourth-order valence-electron chi connectivity index (χ4n) is 5.88. The van der Waals surface area contributed by atoms with Gasteiger partial charge in [-0.3, -0.25) is 0 Å². The van der Waals surface area contributed by atoms with Gasteiger partial charge in [-0.1, -0.05) is 0 Å². The Balaban J connectivity index is 1.26. The Morgan fingerprint density at radius 1 is 1.17 bits per heavy atom. The first-order valence-electron chi connectivity index (χ1n) is 12.8. The molecule has 36 heavy (non-hydrogen) atoms. The van der Waals surface area contributed by atoms with Gasteiger partial charge in [0.05, 0.1) is 0 Å². The first-order valence-corrected chi connectivity index (χ1v) is 15.1. The second-order valence-electron chi connectivity index (χ2n) is 10.6. The third kappa shape index (κ3) is 4.16. The molecule has 0 bridgehead atoms. The molecule has 3 heterocycles. The van der Waals surface area contributed by atoms with Gasteiger partial charge in [-0.25, -0.2) is 0 Å². The SMILES string of the molecule is CC1(C)C(=O)N([C@H]2CCc3c(O)cccc32)C2=C[I-]C(Nc3cccc(CN4CCCC4)c3)=NC=C21. The van der Waals surface area contributed by atoms with Crippen LogP contribution in [0.15, 0.2) is 69.0 Å². The monoisotopic (exact) mass is 595 g/mol. The van der Waals surface area contributed by atoms with Gasteiger partial charge in [0.25, 0.3) is 0 Å². The van der Waals surface area contributed by atoms with Crippen molar-refractivity contribution in [2.24, 2.45) is 10.4 Å². The van der Waals surface area contributed by atoms with Crippen molar-refractivity contribution in [2.75, 3.05) is 18.4 Å². The predicted octanol–water partition coefficient (Wildman–Crippen LogP) is 2.14. The predicted molar refractivity (Wildman–Crippen MR) is 138 cm³/mol. The van der Waals surface area contributed by atoms with Gasteiger partial charge in [-0.2, -0.15) is 0 Å². The number of phenolic OH excluding ortho intramolecular Hbond substituents is 1. The van der Waals surface area contributed by atoms with Crippen molar-refractivity contribution in [1.82, 2.24) is 9.80 Å². The Hall–Kier alpha value is -2.65. The topological polar surface area (TPSA) is 68.2 Å². The number of nitrogens with one attached hydrogen (secondary N) is 1. The molecule has 0 spiro atoms. The maximum absolute atomic E-state index is 13.7. The van der Waals surface area contributed by atoms with Gasteiger partial charge >= 0.3 is 224 Å². The van der Waals surface area contributed by atoms with Crippen molar-refractivity contribution in [3.8, 4) is 5.75 Å². The Kier molecular flexibility index (Phi) is 6.16. The van der Waals surface area contributed by atoms with Gasteiger partial charge in [0, 0.05) is 0 Å². The number of hydrogen-bond donors (Lipinski definition) is 2. The van der Waals surface area contributed by atoms with Gasteiger partial charge in [-0.15, -0.1) is 0 Å². The number of allylic oxidation sites excluding steroid dienone is 1. The number of halogens is 1. The van der Waals surface area contributed by atoms with Crippen molar-refractivity contribution < 1.29 is 31.1 Å².